The normalized spacial score (nSPS) is 28.4. The van der Waals surface area contributed by atoms with Gasteiger partial charge in [-0.2, -0.15) is 0 Å². The van der Waals surface area contributed by atoms with Crippen LogP contribution in [0.15, 0.2) is 24.3 Å². The lowest BCUT2D eigenvalue weighted by Crippen LogP contribution is -2.34. The first kappa shape index (κ1) is 13.6. The highest BCUT2D eigenvalue weighted by atomic mass is 16.3. The third-order valence-electron chi connectivity index (χ3n) is 4.46. The van der Waals surface area contributed by atoms with Crippen LogP contribution in [0.4, 0.5) is 0 Å². The quantitative estimate of drug-likeness (QED) is 0.772. The number of fused-ring (bicyclic) bond motifs is 1. The average molecular weight is 274 g/mol. The summed E-state index contributed by atoms with van der Waals surface area (Å²) in [6, 6.07) is 7.72. The van der Waals surface area contributed by atoms with Crippen LogP contribution in [-0.2, 0) is 11.2 Å². The van der Waals surface area contributed by atoms with Gasteiger partial charge in [-0.15, -0.1) is 0 Å². The molecule has 3 atom stereocenters. The number of amides is 1. The van der Waals surface area contributed by atoms with Crippen LogP contribution in [0.5, 0.6) is 0 Å². The highest BCUT2D eigenvalue weighted by molar-refractivity contribution is 5.76. The van der Waals surface area contributed by atoms with Crippen molar-refractivity contribution in [3.8, 4) is 0 Å². The molecule has 0 saturated carbocycles. The van der Waals surface area contributed by atoms with Gasteiger partial charge in [-0.1, -0.05) is 24.3 Å². The third-order valence-corrected chi connectivity index (χ3v) is 4.46. The standard InChI is InChI=1S/C16H22N2O2/c19-14-9-12-3-1-2-4-13(12)16(14)18-15(20)6-5-11-7-8-17-10-11/h1-4,11,14,16-17,19H,5-10H2,(H,18,20)/t11?,14-,16+/m1/s1. The molecule has 1 aliphatic heterocycles. The van der Waals surface area contributed by atoms with Crippen molar-refractivity contribution in [2.45, 2.75) is 37.8 Å². The average Bonchev–Trinajstić information content (AvgIpc) is 3.06. The Hall–Kier alpha value is -1.39. The van der Waals surface area contributed by atoms with Crippen LogP contribution in [0.1, 0.15) is 36.4 Å². The van der Waals surface area contributed by atoms with Crippen LogP contribution in [0.2, 0.25) is 0 Å². The van der Waals surface area contributed by atoms with Gasteiger partial charge in [0.25, 0.3) is 0 Å². The van der Waals surface area contributed by atoms with Gasteiger partial charge >= 0.3 is 0 Å². The van der Waals surface area contributed by atoms with Gasteiger partial charge in [-0.25, -0.2) is 0 Å². The van der Waals surface area contributed by atoms with Crippen molar-refractivity contribution in [3.63, 3.8) is 0 Å². The summed E-state index contributed by atoms with van der Waals surface area (Å²) >= 11 is 0. The number of benzene rings is 1. The molecular weight excluding hydrogens is 252 g/mol. The maximum atomic E-state index is 12.1. The van der Waals surface area contributed by atoms with E-state index < -0.39 is 6.10 Å². The van der Waals surface area contributed by atoms with Crippen molar-refractivity contribution in [3.05, 3.63) is 35.4 Å². The second kappa shape index (κ2) is 5.94. The van der Waals surface area contributed by atoms with Crippen LogP contribution in [0.25, 0.3) is 0 Å². The molecule has 1 saturated heterocycles. The molecule has 108 valence electrons. The van der Waals surface area contributed by atoms with Crippen molar-refractivity contribution >= 4 is 5.91 Å². The fraction of sp³-hybridized carbons (Fsp3) is 0.562. The molecule has 0 radical (unpaired) electrons. The van der Waals surface area contributed by atoms with E-state index in [0.29, 0.717) is 18.8 Å². The van der Waals surface area contributed by atoms with E-state index in [1.807, 2.05) is 24.3 Å². The summed E-state index contributed by atoms with van der Waals surface area (Å²) in [5.74, 6) is 0.680. The number of aliphatic hydroxyl groups is 1. The number of nitrogens with one attached hydrogen (secondary N) is 2. The second-order valence-electron chi connectivity index (χ2n) is 5.91. The van der Waals surface area contributed by atoms with E-state index in [9.17, 15) is 9.90 Å². The predicted molar refractivity (Wildman–Crippen MR) is 77.2 cm³/mol. The smallest absolute Gasteiger partial charge is 0.220 e. The van der Waals surface area contributed by atoms with Crippen LogP contribution in [0.3, 0.4) is 0 Å². The Morgan fingerprint density at radius 3 is 3.05 bits per heavy atom. The van der Waals surface area contributed by atoms with Crippen molar-refractivity contribution in [2.24, 2.45) is 5.92 Å². The Labute approximate surface area is 119 Å². The molecule has 1 aliphatic carbocycles. The molecule has 4 nitrogen and oxygen atoms in total. The van der Waals surface area contributed by atoms with Crippen molar-refractivity contribution in [2.75, 3.05) is 13.1 Å². The predicted octanol–water partition coefficient (Wildman–Crippen LogP) is 1.15. The Balaban J connectivity index is 1.55. The molecule has 1 aromatic carbocycles. The van der Waals surface area contributed by atoms with E-state index in [4.69, 9.17) is 0 Å². The first-order chi connectivity index (χ1) is 9.74. The van der Waals surface area contributed by atoms with Gasteiger partial charge in [-0.05, 0) is 43.0 Å². The fourth-order valence-electron chi connectivity index (χ4n) is 3.29. The molecule has 20 heavy (non-hydrogen) atoms. The highest BCUT2D eigenvalue weighted by Crippen LogP contribution is 2.31. The van der Waals surface area contributed by atoms with Gasteiger partial charge in [-0.3, -0.25) is 4.79 Å². The maximum absolute atomic E-state index is 12.1. The molecule has 1 unspecified atom stereocenters. The first-order valence-corrected chi connectivity index (χ1v) is 7.50. The highest BCUT2D eigenvalue weighted by Gasteiger charge is 2.31. The van der Waals surface area contributed by atoms with Crippen LogP contribution in [0, 0.1) is 5.92 Å². The zero-order chi connectivity index (χ0) is 13.9. The summed E-state index contributed by atoms with van der Waals surface area (Å²) < 4.78 is 0. The summed E-state index contributed by atoms with van der Waals surface area (Å²) in [6.07, 6.45) is 2.79. The fourth-order valence-corrected chi connectivity index (χ4v) is 3.29. The number of carbonyl (C=O) groups is 1. The van der Waals surface area contributed by atoms with Gasteiger partial charge in [0.15, 0.2) is 0 Å². The summed E-state index contributed by atoms with van der Waals surface area (Å²) in [7, 11) is 0. The van der Waals surface area contributed by atoms with Gasteiger partial charge < -0.3 is 15.7 Å². The number of carbonyl (C=O) groups excluding carboxylic acids is 1. The minimum absolute atomic E-state index is 0.0534. The SMILES string of the molecule is O=C(CCC1CCNC1)N[C@H]1c2ccccc2C[C@H]1O. The minimum atomic E-state index is -0.496. The largest absolute Gasteiger partial charge is 0.390 e. The lowest BCUT2D eigenvalue weighted by Gasteiger charge is -2.18. The molecule has 1 aromatic rings. The summed E-state index contributed by atoms with van der Waals surface area (Å²) in [4.78, 5) is 12.1. The Morgan fingerprint density at radius 1 is 1.40 bits per heavy atom. The molecule has 1 amide bonds. The maximum Gasteiger partial charge on any atom is 0.220 e. The van der Waals surface area contributed by atoms with Crippen LogP contribution < -0.4 is 10.6 Å². The first-order valence-electron chi connectivity index (χ1n) is 7.50. The Bertz CT molecular complexity index is 483. The van der Waals surface area contributed by atoms with E-state index in [1.54, 1.807) is 0 Å². The molecule has 0 spiro atoms. The molecule has 0 aromatic heterocycles. The van der Waals surface area contributed by atoms with Gasteiger partial charge in [0.2, 0.25) is 5.91 Å². The molecule has 1 fully saturated rings. The lowest BCUT2D eigenvalue weighted by atomic mass is 10.0. The second-order valence-corrected chi connectivity index (χ2v) is 5.91. The third kappa shape index (κ3) is 2.86. The molecule has 1 heterocycles. The van der Waals surface area contributed by atoms with E-state index in [0.717, 1.165) is 30.6 Å². The molecule has 4 heteroatoms. The van der Waals surface area contributed by atoms with Crippen LogP contribution in [-0.4, -0.2) is 30.2 Å². The Kier molecular flexibility index (Phi) is 4.03. The Morgan fingerprint density at radius 2 is 2.25 bits per heavy atom. The molecule has 2 aliphatic rings. The molecular formula is C16H22N2O2. The van der Waals surface area contributed by atoms with Crippen LogP contribution >= 0.6 is 0 Å². The number of aliphatic hydroxyl groups excluding tert-OH is 1. The lowest BCUT2D eigenvalue weighted by molar-refractivity contribution is -0.122. The molecule has 0 bridgehead atoms. The minimum Gasteiger partial charge on any atom is -0.390 e. The van der Waals surface area contributed by atoms with E-state index >= 15 is 0 Å². The van der Waals surface area contributed by atoms with E-state index in [1.165, 1.54) is 6.42 Å². The topological polar surface area (TPSA) is 61.4 Å². The van der Waals surface area contributed by atoms with Crippen molar-refractivity contribution in [1.29, 1.82) is 0 Å². The van der Waals surface area contributed by atoms with E-state index in [2.05, 4.69) is 10.6 Å². The molecule has 3 rings (SSSR count). The number of hydrogen-bond donors (Lipinski definition) is 3. The zero-order valence-electron chi connectivity index (χ0n) is 11.6. The summed E-state index contributed by atoms with van der Waals surface area (Å²) in [6.45, 7) is 2.10. The molecule has 3 N–H and O–H groups in total. The summed E-state index contributed by atoms with van der Waals surface area (Å²) in [5.41, 5.74) is 2.21. The number of rotatable bonds is 4. The number of hydrogen-bond acceptors (Lipinski definition) is 3. The monoisotopic (exact) mass is 274 g/mol. The van der Waals surface area contributed by atoms with Gasteiger partial charge in [0.1, 0.15) is 0 Å². The summed E-state index contributed by atoms with van der Waals surface area (Å²) in [5, 5.41) is 16.4. The van der Waals surface area contributed by atoms with Crippen molar-refractivity contribution in [1.82, 2.24) is 10.6 Å². The van der Waals surface area contributed by atoms with Gasteiger partial charge in [0.05, 0.1) is 12.1 Å². The van der Waals surface area contributed by atoms with E-state index in [-0.39, 0.29) is 11.9 Å². The van der Waals surface area contributed by atoms with Gasteiger partial charge in [0, 0.05) is 12.8 Å². The van der Waals surface area contributed by atoms with Crippen molar-refractivity contribution < 1.29 is 9.90 Å². The zero-order valence-corrected chi connectivity index (χ0v) is 11.6.